The Kier molecular flexibility index (Phi) is 7.00. The number of hydrogen-bond donors (Lipinski definition) is 1. The van der Waals surface area contributed by atoms with Crippen LogP contribution in [0.5, 0.6) is 0 Å². The van der Waals surface area contributed by atoms with Crippen molar-refractivity contribution in [2.24, 2.45) is 0 Å². The lowest BCUT2D eigenvalue weighted by molar-refractivity contribution is -0.127. The van der Waals surface area contributed by atoms with Crippen molar-refractivity contribution in [2.45, 2.75) is 57.7 Å². The normalized spacial score (nSPS) is 15.3. The number of amides is 2. The predicted octanol–water partition coefficient (Wildman–Crippen LogP) is 5.67. The zero-order valence-corrected chi connectivity index (χ0v) is 18.8. The van der Waals surface area contributed by atoms with E-state index < -0.39 is 11.9 Å². The minimum Gasteiger partial charge on any atom is -0.464 e. The Morgan fingerprint density at radius 1 is 1.09 bits per heavy atom. The van der Waals surface area contributed by atoms with Crippen molar-refractivity contribution < 1.29 is 18.4 Å². The first-order valence-corrected chi connectivity index (χ1v) is 11.4. The lowest BCUT2D eigenvalue weighted by Crippen LogP contribution is -2.46. The number of hydrogen-bond acceptors (Lipinski definition) is 4. The van der Waals surface area contributed by atoms with Gasteiger partial charge < -0.3 is 19.1 Å². The summed E-state index contributed by atoms with van der Waals surface area (Å²) in [5.74, 6) is 0.545. The Bertz CT molecular complexity index is 1050. The zero-order chi connectivity index (χ0) is 22.5. The SMILES string of the molecule is Cc1ccc(C(C(=O)NC2CCCCC2)N(Cc2ccccc2Cl)C(=O)c2ccco2)o1. The molecule has 2 amide bonds. The van der Waals surface area contributed by atoms with Gasteiger partial charge in [-0.2, -0.15) is 0 Å². The highest BCUT2D eigenvalue weighted by molar-refractivity contribution is 6.31. The van der Waals surface area contributed by atoms with Crippen LogP contribution in [-0.4, -0.2) is 22.8 Å². The quantitative estimate of drug-likeness (QED) is 0.499. The molecule has 0 spiro atoms. The first-order valence-electron chi connectivity index (χ1n) is 11.0. The smallest absolute Gasteiger partial charge is 0.290 e. The van der Waals surface area contributed by atoms with Crippen molar-refractivity contribution >= 4 is 23.4 Å². The molecule has 7 heteroatoms. The number of furan rings is 2. The van der Waals surface area contributed by atoms with Gasteiger partial charge in [0, 0.05) is 17.6 Å². The first kappa shape index (κ1) is 22.2. The fourth-order valence-electron chi connectivity index (χ4n) is 4.18. The molecule has 0 bridgehead atoms. The Hall–Kier alpha value is -2.99. The van der Waals surface area contributed by atoms with Crippen molar-refractivity contribution in [3.8, 4) is 0 Å². The number of halogens is 1. The van der Waals surface area contributed by atoms with Crippen molar-refractivity contribution in [1.82, 2.24) is 10.2 Å². The summed E-state index contributed by atoms with van der Waals surface area (Å²) in [7, 11) is 0. The maximum absolute atomic E-state index is 13.6. The van der Waals surface area contributed by atoms with Crippen molar-refractivity contribution in [1.29, 1.82) is 0 Å². The van der Waals surface area contributed by atoms with Gasteiger partial charge in [-0.15, -0.1) is 0 Å². The van der Waals surface area contributed by atoms with E-state index in [1.807, 2.05) is 25.1 Å². The molecule has 3 aromatic rings. The Morgan fingerprint density at radius 2 is 1.88 bits per heavy atom. The monoisotopic (exact) mass is 454 g/mol. The molecular formula is C25H27ClN2O4. The Morgan fingerprint density at radius 3 is 2.53 bits per heavy atom. The van der Waals surface area contributed by atoms with Crippen LogP contribution in [0.2, 0.25) is 5.02 Å². The molecular weight excluding hydrogens is 428 g/mol. The van der Waals surface area contributed by atoms with E-state index >= 15 is 0 Å². The van der Waals surface area contributed by atoms with E-state index in [1.165, 1.54) is 17.6 Å². The van der Waals surface area contributed by atoms with Gasteiger partial charge in [-0.05, 0) is 55.7 Å². The molecule has 1 saturated carbocycles. The average molecular weight is 455 g/mol. The molecule has 6 nitrogen and oxygen atoms in total. The number of carbonyl (C=O) groups is 2. The average Bonchev–Trinajstić information content (AvgIpc) is 3.47. The van der Waals surface area contributed by atoms with E-state index in [4.69, 9.17) is 20.4 Å². The van der Waals surface area contributed by atoms with Crippen molar-refractivity contribution in [2.75, 3.05) is 0 Å². The summed E-state index contributed by atoms with van der Waals surface area (Å²) in [6.45, 7) is 1.94. The minimum atomic E-state index is -0.959. The van der Waals surface area contributed by atoms with Crippen LogP contribution in [0.25, 0.3) is 0 Å². The molecule has 0 saturated heterocycles. The van der Waals surface area contributed by atoms with E-state index in [2.05, 4.69) is 5.32 Å². The molecule has 1 N–H and O–H groups in total. The summed E-state index contributed by atoms with van der Waals surface area (Å²) in [5.41, 5.74) is 0.729. The third-order valence-electron chi connectivity index (χ3n) is 5.83. The molecule has 2 heterocycles. The summed E-state index contributed by atoms with van der Waals surface area (Å²) in [6.07, 6.45) is 6.67. The van der Waals surface area contributed by atoms with Crippen LogP contribution >= 0.6 is 11.6 Å². The summed E-state index contributed by atoms with van der Waals surface area (Å²) in [5, 5.41) is 3.67. The molecule has 1 aromatic carbocycles. The van der Waals surface area contributed by atoms with Crippen LogP contribution in [0.1, 0.15) is 65.8 Å². The molecule has 0 aliphatic heterocycles. The van der Waals surface area contributed by atoms with Crippen LogP contribution < -0.4 is 5.32 Å². The lowest BCUT2D eigenvalue weighted by Gasteiger charge is -2.32. The first-order chi connectivity index (χ1) is 15.5. The number of benzene rings is 1. The van der Waals surface area contributed by atoms with Crippen molar-refractivity contribution in [3.63, 3.8) is 0 Å². The van der Waals surface area contributed by atoms with Crippen LogP contribution in [-0.2, 0) is 11.3 Å². The number of aryl methyl sites for hydroxylation is 1. The fraction of sp³-hybridized carbons (Fsp3) is 0.360. The highest BCUT2D eigenvalue weighted by Crippen LogP contribution is 2.30. The van der Waals surface area contributed by atoms with Gasteiger partial charge in [0.1, 0.15) is 11.5 Å². The second-order valence-electron chi connectivity index (χ2n) is 8.20. The van der Waals surface area contributed by atoms with Gasteiger partial charge in [0.05, 0.1) is 6.26 Å². The van der Waals surface area contributed by atoms with Gasteiger partial charge in [0.25, 0.3) is 11.8 Å². The van der Waals surface area contributed by atoms with Gasteiger partial charge in [-0.3, -0.25) is 9.59 Å². The maximum Gasteiger partial charge on any atom is 0.290 e. The number of nitrogens with one attached hydrogen (secondary N) is 1. The summed E-state index contributed by atoms with van der Waals surface area (Å²) >= 11 is 6.40. The molecule has 1 atom stereocenters. The molecule has 2 aromatic heterocycles. The molecule has 1 aliphatic carbocycles. The van der Waals surface area contributed by atoms with Crippen LogP contribution in [0, 0.1) is 6.92 Å². The standard InChI is InChI=1S/C25H27ClN2O4/c1-17-13-14-21(32-17)23(24(29)27-19-9-3-2-4-10-19)28(25(30)22-12-7-15-31-22)16-18-8-5-6-11-20(18)26/h5-8,11-15,19,23H,2-4,9-10,16H2,1H3,(H,27,29). The second kappa shape index (κ2) is 10.1. The largest absolute Gasteiger partial charge is 0.464 e. The highest BCUT2D eigenvalue weighted by atomic mass is 35.5. The van der Waals surface area contributed by atoms with Crippen LogP contribution in [0.4, 0.5) is 0 Å². The van der Waals surface area contributed by atoms with E-state index in [9.17, 15) is 9.59 Å². The number of rotatable bonds is 7. The lowest BCUT2D eigenvalue weighted by atomic mass is 9.95. The fourth-order valence-corrected chi connectivity index (χ4v) is 4.38. The van der Waals surface area contributed by atoms with Crippen LogP contribution in [0.15, 0.2) is 63.6 Å². The summed E-state index contributed by atoms with van der Waals surface area (Å²) in [6, 6.07) is 13.2. The summed E-state index contributed by atoms with van der Waals surface area (Å²) in [4.78, 5) is 28.6. The number of carbonyl (C=O) groups excluding carboxylic acids is 2. The topological polar surface area (TPSA) is 75.7 Å². The predicted molar refractivity (Wildman–Crippen MR) is 121 cm³/mol. The highest BCUT2D eigenvalue weighted by Gasteiger charge is 2.36. The van der Waals surface area contributed by atoms with Crippen LogP contribution in [0.3, 0.4) is 0 Å². The molecule has 4 rings (SSSR count). The van der Waals surface area contributed by atoms with Crippen molar-refractivity contribution in [3.05, 3.63) is 82.7 Å². The third-order valence-corrected chi connectivity index (χ3v) is 6.20. The molecule has 0 radical (unpaired) electrons. The molecule has 1 fully saturated rings. The zero-order valence-electron chi connectivity index (χ0n) is 18.1. The molecule has 1 aliphatic rings. The van der Waals surface area contributed by atoms with E-state index in [0.717, 1.165) is 31.2 Å². The van der Waals surface area contributed by atoms with E-state index in [1.54, 1.807) is 30.3 Å². The van der Waals surface area contributed by atoms with Gasteiger partial charge in [-0.25, -0.2) is 0 Å². The minimum absolute atomic E-state index is 0.0932. The maximum atomic E-state index is 13.6. The molecule has 32 heavy (non-hydrogen) atoms. The van der Waals surface area contributed by atoms with E-state index in [0.29, 0.717) is 16.5 Å². The number of nitrogens with zero attached hydrogens (tertiary/aromatic N) is 1. The summed E-state index contributed by atoms with van der Waals surface area (Å²) < 4.78 is 11.2. The Labute approximate surface area is 192 Å². The van der Waals surface area contributed by atoms with E-state index in [-0.39, 0.29) is 24.3 Å². The van der Waals surface area contributed by atoms with Gasteiger partial charge in [-0.1, -0.05) is 49.1 Å². The Balaban J connectivity index is 1.71. The molecule has 168 valence electrons. The second-order valence-corrected chi connectivity index (χ2v) is 8.60. The third kappa shape index (κ3) is 5.07. The molecule has 1 unspecified atom stereocenters. The van der Waals surface area contributed by atoms with Gasteiger partial charge in [0.15, 0.2) is 11.8 Å². The van der Waals surface area contributed by atoms with Gasteiger partial charge >= 0.3 is 0 Å². The van der Waals surface area contributed by atoms with Gasteiger partial charge in [0.2, 0.25) is 0 Å².